The molecule has 1 saturated heterocycles. The lowest BCUT2D eigenvalue weighted by atomic mass is 9.99. The maximum atomic E-state index is 13.8. The summed E-state index contributed by atoms with van der Waals surface area (Å²) in [5, 5.41) is 13.3. The number of carbonyl (C=O) groups excluding carboxylic acids is 1. The van der Waals surface area contributed by atoms with Gasteiger partial charge in [0.25, 0.3) is 5.91 Å². The third kappa shape index (κ3) is 4.20. The van der Waals surface area contributed by atoms with E-state index < -0.39 is 17.8 Å². The molecular weight excluding hydrogens is 413 g/mol. The lowest BCUT2D eigenvalue weighted by molar-refractivity contribution is -0.142. The van der Waals surface area contributed by atoms with Gasteiger partial charge in [0.15, 0.2) is 17.0 Å². The molecular formula is C21H21F3N4O3. The zero-order valence-corrected chi connectivity index (χ0v) is 16.8. The second-order valence-electron chi connectivity index (χ2n) is 7.49. The minimum Gasteiger partial charge on any atom is -0.497 e. The molecule has 7 nitrogen and oxygen atoms in total. The summed E-state index contributed by atoms with van der Waals surface area (Å²) in [6, 6.07) is 8.68. The largest absolute Gasteiger partial charge is 0.497 e. The first-order valence-electron chi connectivity index (χ1n) is 9.82. The maximum Gasteiger partial charge on any atom is 0.433 e. The van der Waals surface area contributed by atoms with Crippen LogP contribution in [0.2, 0.25) is 0 Å². The molecule has 1 N–H and O–H groups in total. The van der Waals surface area contributed by atoms with Crippen LogP contribution in [0.3, 0.4) is 0 Å². The Labute approximate surface area is 176 Å². The zero-order chi connectivity index (χ0) is 22.2. The number of aliphatic hydroxyl groups excluding tert-OH is 1. The summed E-state index contributed by atoms with van der Waals surface area (Å²) in [5.41, 5.74) is -0.609. The van der Waals surface area contributed by atoms with Crippen LogP contribution < -0.4 is 4.74 Å². The Morgan fingerprint density at radius 2 is 2.00 bits per heavy atom. The smallest absolute Gasteiger partial charge is 0.433 e. The molecule has 0 bridgehead atoms. The standard InChI is InChI=1S/C21H21F3N4O3/c1-31-15-6-4-14(5-7-15)16-9-18(21(22,23)24)28-19(25-16)10-17(26-28)20(30)27-8-2-3-13(11-27)12-29/h4-7,9-10,13,29H,2-3,8,11-12H2,1H3. The summed E-state index contributed by atoms with van der Waals surface area (Å²) in [4.78, 5) is 18.7. The molecule has 3 aromatic rings. The van der Waals surface area contributed by atoms with Crippen molar-refractivity contribution in [1.82, 2.24) is 19.5 Å². The van der Waals surface area contributed by atoms with Gasteiger partial charge in [0.05, 0.1) is 12.8 Å². The molecule has 0 radical (unpaired) electrons. The Balaban J connectivity index is 1.76. The van der Waals surface area contributed by atoms with Crippen molar-refractivity contribution in [3.8, 4) is 17.0 Å². The third-order valence-corrected chi connectivity index (χ3v) is 5.39. The number of methoxy groups -OCH3 is 1. The van der Waals surface area contributed by atoms with Crippen LogP contribution in [0, 0.1) is 5.92 Å². The summed E-state index contributed by atoms with van der Waals surface area (Å²) in [7, 11) is 1.50. The molecule has 1 aliphatic rings. The molecule has 31 heavy (non-hydrogen) atoms. The van der Waals surface area contributed by atoms with Crippen LogP contribution in [0.25, 0.3) is 16.9 Å². The highest BCUT2D eigenvalue weighted by molar-refractivity contribution is 5.93. The number of rotatable bonds is 4. The molecule has 0 spiro atoms. The SMILES string of the molecule is COc1ccc(-c2cc(C(F)(F)F)n3nc(C(=O)N4CCCC(CO)C4)cc3n2)cc1. The van der Waals surface area contributed by atoms with Crippen molar-refractivity contribution in [2.24, 2.45) is 5.92 Å². The van der Waals surface area contributed by atoms with Crippen molar-refractivity contribution < 1.29 is 27.8 Å². The summed E-state index contributed by atoms with van der Waals surface area (Å²) in [6.45, 7) is 0.777. The topological polar surface area (TPSA) is 80.0 Å². The second kappa shape index (κ2) is 8.18. The Morgan fingerprint density at radius 1 is 1.26 bits per heavy atom. The van der Waals surface area contributed by atoms with Crippen LogP contribution in [0.1, 0.15) is 29.0 Å². The molecule has 1 atom stereocenters. The maximum absolute atomic E-state index is 13.8. The number of halogens is 3. The molecule has 3 heterocycles. The normalized spacial score (nSPS) is 17.2. The van der Waals surface area contributed by atoms with Gasteiger partial charge in [-0.1, -0.05) is 0 Å². The van der Waals surface area contributed by atoms with E-state index in [2.05, 4.69) is 10.1 Å². The number of nitrogens with zero attached hydrogens (tertiary/aromatic N) is 4. The number of amides is 1. The average Bonchev–Trinajstić information content (AvgIpc) is 3.21. The molecule has 0 aliphatic carbocycles. The van der Waals surface area contributed by atoms with E-state index in [1.165, 1.54) is 18.1 Å². The van der Waals surface area contributed by atoms with Crippen molar-refractivity contribution in [2.75, 3.05) is 26.8 Å². The first-order chi connectivity index (χ1) is 14.8. The fraction of sp³-hybridized carbons (Fsp3) is 0.381. The zero-order valence-electron chi connectivity index (χ0n) is 16.8. The van der Waals surface area contributed by atoms with Gasteiger partial charge in [-0.2, -0.15) is 18.3 Å². The monoisotopic (exact) mass is 434 g/mol. The minimum absolute atomic E-state index is 0.0414. The van der Waals surface area contributed by atoms with E-state index in [0.717, 1.165) is 18.9 Å². The van der Waals surface area contributed by atoms with Gasteiger partial charge in [0, 0.05) is 31.3 Å². The first-order valence-corrected chi connectivity index (χ1v) is 9.82. The van der Waals surface area contributed by atoms with Gasteiger partial charge in [0.1, 0.15) is 5.75 Å². The number of hydrogen-bond acceptors (Lipinski definition) is 5. The molecule has 10 heteroatoms. The van der Waals surface area contributed by atoms with E-state index >= 15 is 0 Å². The van der Waals surface area contributed by atoms with Gasteiger partial charge < -0.3 is 14.7 Å². The number of aliphatic hydroxyl groups is 1. The number of carbonyl (C=O) groups is 1. The van der Waals surface area contributed by atoms with E-state index in [1.54, 1.807) is 24.3 Å². The summed E-state index contributed by atoms with van der Waals surface area (Å²) < 4.78 is 47.0. The van der Waals surface area contributed by atoms with Crippen LogP contribution in [0.5, 0.6) is 5.75 Å². The Bertz CT molecular complexity index is 1100. The van der Waals surface area contributed by atoms with E-state index in [9.17, 15) is 23.1 Å². The van der Waals surface area contributed by atoms with E-state index in [1.807, 2.05) is 0 Å². The number of aromatic nitrogens is 3. The number of alkyl halides is 3. The molecule has 2 aromatic heterocycles. The Hall–Kier alpha value is -3.14. The van der Waals surface area contributed by atoms with Crippen molar-refractivity contribution in [3.05, 3.63) is 47.8 Å². The van der Waals surface area contributed by atoms with E-state index in [4.69, 9.17) is 4.74 Å². The molecule has 0 saturated carbocycles. The predicted molar refractivity (Wildman–Crippen MR) is 106 cm³/mol. The highest BCUT2D eigenvalue weighted by Crippen LogP contribution is 2.33. The van der Waals surface area contributed by atoms with Gasteiger partial charge in [-0.3, -0.25) is 4.79 Å². The Kier molecular flexibility index (Phi) is 5.57. The minimum atomic E-state index is -4.69. The van der Waals surface area contributed by atoms with Crippen molar-refractivity contribution in [1.29, 1.82) is 0 Å². The van der Waals surface area contributed by atoms with Crippen LogP contribution in [0.4, 0.5) is 13.2 Å². The van der Waals surface area contributed by atoms with Crippen LogP contribution in [0.15, 0.2) is 36.4 Å². The predicted octanol–water partition coefficient (Wildman–Crippen LogP) is 3.27. The molecule has 1 aromatic carbocycles. The molecule has 164 valence electrons. The highest BCUT2D eigenvalue weighted by Gasteiger charge is 2.36. The van der Waals surface area contributed by atoms with Gasteiger partial charge in [-0.05, 0) is 49.1 Å². The second-order valence-corrected chi connectivity index (χ2v) is 7.49. The number of piperidine rings is 1. The van der Waals surface area contributed by atoms with Crippen molar-refractivity contribution in [3.63, 3.8) is 0 Å². The molecule has 1 fully saturated rings. The van der Waals surface area contributed by atoms with Crippen LogP contribution in [-0.4, -0.2) is 57.3 Å². The molecule has 1 unspecified atom stereocenters. The first kappa shape index (κ1) is 21.1. The van der Waals surface area contributed by atoms with Gasteiger partial charge >= 0.3 is 6.18 Å². The fourth-order valence-corrected chi connectivity index (χ4v) is 3.75. The average molecular weight is 434 g/mol. The van der Waals surface area contributed by atoms with E-state index in [0.29, 0.717) is 28.9 Å². The summed E-state index contributed by atoms with van der Waals surface area (Å²) >= 11 is 0. The summed E-state index contributed by atoms with van der Waals surface area (Å²) in [5.74, 6) is 0.0591. The van der Waals surface area contributed by atoms with Gasteiger partial charge in [-0.15, -0.1) is 0 Å². The number of likely N-dealkylation sites (tertiary alicyclic amines) is 1. The van der Waals surface area contributed by atoms with Crippen LogP contribution in [-0.2, 0) is 6.18 Å². The van der Waals surface area contributed by atoms with Crippen molar-refractivity contribution in [2.45, 2.75) is 19.0 Å². The molecule has 4 rings (SSSR count). The fourth-order valence-electron chi connectivity index (χ4n) is 3.75. The molecule has 1 aliphatic heterocycles. The number of fused-ring (bicyclic) bond motifs is 1. The lowest BCUT2D eigenvalue weighted by Crippen LogP contribution is -2.41. The van der Waals surface area contributed by atoms with Gasteiger partial charge in [0.2, 0.25) is 0 Å². The quantitative estimate of drug-likeness (QED) is 0.682. The lowest BCUT2D eigenvalue weighted by Gasteiger charge is -2.31. The number of hydrogen-bond donors (Lipinski definition) is 1. The molecule has 1 amide bonds. The van der Waals surface area contributed by atoms with Crippen molar-refractivity contribution >= 4 is 11.6 Å². The van der Waals surface area contributed by atoms with Gasteiger partial charge in [-0.25, -0.2) is 9.50 Å². The Morgan fingerprint density at radius 3 is 2.65 bits per heavy atom. The number of benzene rings is 1. The highest BCUT2D eigenvalue weighted by atomic mass is 19.4. The van der Waals surface area contributed by atoms with Crippen LogP contribution >= 0.6 is 0 Å². The number of ether oxygens (including phenoxy) is 1. The van der Waals surface area contributed by atoms with E-state index in [-0.39, 0.29) is 29.6 Å². The summed E-state index contributed by atoms with van der Waals surface area (Å²) in [6.07, 6.45) is -3.17. The third-order valence-electron chi connectivity index (χ3n) is 5.39.